The first-order valence-corrected chi connectivity index (χ1v) is 8.19. The molecule has 1 aliphatic carbocycles. The molecule has 1 fully saturated rings. The number of nitrogens with one attached hydrogen (secondary N) is 2. The van der Waals surface area contributed by atoms with Crippen LogP contribution >= 0.6 is 11.6 Å². The molecule has 4 heteroatoms. The summed E-state index contributed by atoms with van der Waals surface area (Å²) in [6, 6.07) is 8.38. The summed E-state index contributed by atoms with van der Waals surface area (Å²) < 4.78 is 0. The van der Waals surface area contributed by atoms with E-state index in [-0.39, 0.29) is 5.91 Å². The third kappa shape index (κ3) is 5.68. The van der Waals surface area contributed by atoms with Gasteiger partial charge in [0.15, 0.2) is 0 Å². The van der Waals surface area contributed by atoms with E-state index in [1.807, 2.05) is 12.1 Å². The van der Waals surface area contributed by atoms with Crippen molar-refractivity contribution in [2.75, 3.05) is 13.1 Å². The van der Waals surface area contributed by atoms with Gasteiger partial charge in [-0.25, -0.2) is 0 Å². The fourth-order valence-corrected chi connectivity index (χ4v) is 2.53. The Kier molecular flexibility index (Phi) is 6.07. The van der Waals surface area contributed by atoms with Gasteiger partial charge < -0.3 is 10.6 Å². The van der Waals surface area contributed by atoms with Crippen molar-refractivity contribution in [3.8, 4) is 0 Å². The maximum Gasteiger partial charge on any atom is 0.221 e. The molecular weight excluding hydrogens is 284 g/mol. The minimum Gasteiger partial charge on any atom is -0.356 e. The van der Waals surface area contributed by atoms with E-state index in [0.717, 1.165) is 11.6 Å². The van der Waals surface area contributed by atoms with Crippen LogP contribution in [0.5, 0.6) is 0 Å². The fourth-order valence-electron chi connectivity index (χ4n) is 2.40. The smallest absolute Gasteiger partial charge is 0.221 e. The van der Waals surface area contributed by atoms with Crippen LogP contribution < -0.4 is 10.6 Å². The maximum absolute atomic E-state index is 11.7. The zero-order valence-electron chi connectivity index (χ0n) is 12.9. The summed E-state index contributed by atoms with van der Waals surface area (Å²) in [7, 11) is 0. The topological polar surface area (TPSA) is 41.1 Å². The van der Waals surface area contributed by atoms with E-state index in [0.29, 0.717) is 30.8 Å². The van der Waals surface area contributed by atoms with Crippen LogP contribution in [0.4, 0.5) is 0 Å². The lowest BCUT2D eigenvalue weighted by Gasteiger charge is -2.19. The van der Waals surface area contributed by atoms with Gasteiger partial charge in [-0.3, -0.25) is 4.79 Å². The van der Waals surface area contributed by atoms with E-state index in [1.54, 1.807) is 0 Å². The van der Waals surface area contributed by atoms with E-state index in [4.69, 9.17) is 11.6 Å². The van der Waals surface area contributed by atoms with E-state index in [1.165, 1.54) is 18.4 Å². The highest BCUT2D eigenvalue weighted by molar-refractivity contribution is 6.30. The summed E-state index contributed by atoms with van der Waals surface area (Å²) in [5.41, 5.74) is 1.27. The number of halogens is 1. The monoisotopic (exact) mass is 308 g/mol. The second kappa shape index (κ2) is 7.81. The Morgan fingerprint density at radius 3 is 2.52 bits per heavy atom. The molecule has 0 spiro atoms. The lowest BCUT2D eigenvalue weighted by molar-refractivity contribution is -0.121. The van der Waals surface area contributed by atoms with Crippen molar-refractivity contribution in [2.45, 2.75) is 39.2 Å². The molecule has 0 aromatic heterocycles. The lowest BCUT2D eigenvalue weighted by atomic mass is 10.0. The van der Waals surface area contributed by atoms with Gasteiger partial charge in [-0.05, 0) is 42.4 Å². The molecule has 2 rings (SSSR count). The normalized spacial score (nSPS) is 16.0. The Labute approximate surface area is 132 Å². The summed E-state index contributed by atoms with van der Waals surface area (Å²) in [4.78, 5) is 11.7. The highest BCUT2D eigenvalue weighted by Crippen LogP contribution is 2.41. The molecule has 1 amide bonds. The predicted molar refractivity (Wildman–Crippen MR) is 87.4 cm³/mol. The van der Waals surface area contributed by atoms with Gasteiger partial charge in [0.05, 0.1) is 0 Å². The lowest BCUT2D eigenvalue weighted by Crippen LogP contribution is -2.32. The second-order valence-electron chi connectivity index (χ2n) is 6.27. The van der Waals surface area contributed by atoms with E-state index in [9.17, 15) is 4.79 Å². The van der Waals surface area contributed by atoms with Gasteiger partial charge in [0.25, 0.3) is 0 Å². The Hall–Kier alpha value is -1.06. The van der Waals surface area contributed by atoms with E-state index in [2.05, 4.69) is 36.6 Å². The van der Waals surface area contributed by atoms with Crippen molar-refractivity contribution in [1.82, 2.24) is 10.6 Å². The van der Waals surface area contributed by atoms with Crippen molar-refractivity contribution in [2.24, 2.45) is 11.8 Å². The molecule has 0 bridgehead atoms. The molecule has 0 aliphatic heterocycles. The predicted octanol–water partition coefficient (Wildman–Crippen LogP) is 3.54. The molecule has 0 saturated heterocycles. The second-order valence-corrected chi connectivity index (χ2v) is 6.71. The molecule has 3 nitrogen and oxygen atoms in total. The molecule has 0 radical (unpaired) electrons. The summed E-state index contributed by atoms with van der Waals surface area (Å²) in [6.07, 6.45) is 3.06. The maximum atomic E-state index is 11.7. The third-order valence-corrected chi connectivity index (χ3v) is 4.00. The Balaban J connectivity index is 1.79. The highest BCUT2D eigenvalue weighted by atomic mass is 35.5. The number of benzene rings is 1. The number of carbonyl (C=O) groups is 1. The third-order valence-electron chi connectivity index (χ3n) is 3.75. The summed E-state index contributed by atoms with van der Waals surface area (Å²) >= 11 is 5.94. The van der Waals surface area contributed by atoms with Crippen molar-refractivity contribution < 1.29 is 4.79 Å². The van der Waals surface area contributed by atoms with Gasteiger partial charge in [0.2, 0.25) is 5.91 Å². The number of hydrogen-bond donors (Lipinski definition) is 2. The van der Waals surface area contributed by atoms with Gasteiger partial charge in [0.1, 0.15) is 0 Å². The van der Waals surface area contributed by atoms with Crippen LogP contribution in [0.3, 0.4) is 0 Å². The molecule has 21 heavy (non-hydrogen) atoms. The molecule has 0 heterocycles. The summed E-state index contributed by atoms with van der Waals surface area (Å²) in [5, 5.41) is 7.25. The average Bonchev–Trinajstić information content (AvgIpc) is 3.27. The average molecular weight is 309 g/mol. The van der Waals surface area contributed by atoms with Crippen LogP contribution in [0, 0.1) is 11.8 Å². The van der Waals surface area contributed by atoms with Crippen molar-refractivity contribution >= 4 is 17.5 Å². The Bertz CT molecular complexity index is 454. The Morgan fingerprint density at radius 1 is 1.29 bits per heavy atom. The summed E-state index contributed by atoms with van der Waals surface area (Å²) in [5.74, 6) is 1.32. The highest BCUT2D eigenvalue weighted by Gasteiger charge is 2.31. The zero-order valence-corrected chi connectivity index (χ0v) is 13.6. The Morgan fingerprint density at radius 2 is 1.95 bits per heavy atom. The molecule has 2 N–H and O–H groups in total. The van der Waals surface area contributed by atoms with Gasteiger partial charge in [0, 0.05) is 30.6 Å². The molecule has 116 valence electrons. The SMILES string of the molecule is CC(C)CNC(=O)CCNC(c1ccc(Cl)cc1)C1CC1. The van der Waals surface area contributed by atoms with Crippen LogP contribution in [0.2, 0.25) is 5.02 Å². The molecule has 1 aromatic rings. The minimum absolute atomic E-state index is 0.127. The van der Waals surface area contributed by atoms with E-state index < -0.39 is 0 Å². The van der Waals surface area contributed by atoms with Crippen LogP contribution in [-0.4, -0.2) is 19.0 Å². The molecule has 1 atom stereocenters. The fraction of sp³-hybridized carbons (Fsp3) is 0.588. The standard InChI is InChI=1S/C17H25ClN2O/c1-12(2)11-20-16(21)9-10-19-17(13-3-4-13)14-5-7-15(18)8-6-14/h5-8,12-13,17,19H,3-4,9-11H2,1-2H3,(H,20,21). The quantitative estimate of drug-likeness (QED) is 0.771. The number of carbonyl (C=O) groups excluding carboxylic acids is 1. The van der Waals surface area contributed by atoms with Crippen molar-refractivity contribution in [3.05, 3.63) is 34.9 Å². The molecular formula is C17H25ClN2O. The minimum atomic E-state index is 0.127. The largest absolute Gasteiger partial charge is 0.356 e. The molecule has 1 aromatic carbocycles. The van der Waals surface area contributed by atoms with Crippen LogP contribution in [0.25, 0.3) is 0 Å². The van der Waals surface area contributed by atoms with Crippen molar-refractivity contribution in [3.63, 3.8) is 0 Å². The van der Waals surface area contributed by atoms with Gasteiger partial charge >= 0.3 is 0 Å². The van der Waals surface area contributed by atoms with Crippen LogP contribution in [0.15, 0.2) is 24.3 Å². The van der Waals surface area contributed by atoms with E-state index >= 15 is 0 Å². The molecule has 1 aliphatic rings. The van der Waals surface area contributed by atoms with Gasteiger partial charge in [-0.1, -0.05) is 37.6 Å². The zero-order chi connectivity index (χ0) is 15.2. The number of amides is 1. The van der Waals surface area contributed by atoms with Gasteiger partial charge in [-0.15, -0.1) is 0 Å². The number of hydrogen-bond acceptors (Lipinski definition) is 2. The summed E-state index contributed by atoms with van der Waals surface area (Å²) in [6.45, 7) is 5.67. The first-order chi connectivity index (χ1) is 10.1. The number of rotatable bonds is 8. The first-order valence-electron chi connectivity index (χ1n) is 7.82. The van der Waals surface area contributed by atoms with Crippen molar-refractivity contribution in [1.29, 1.82) is 0 Å². The molecule has 1 unspecified atom stereocenters. The molecule has 1 saturated carbocycles. The van der Waals surface area contributed by atoms with Crippen LogP contribution in [0.1, 0.15) is 44.7 Å². The first kappa shape index (κ1) is 16.3. The van der Waals surface area contributed by atoms with Crippen LogP contribution in [-0.2, 0) is 4.79 Å². The van der Waals surface area contributed by atoms with Gasteiger partial charge in [-0.2, -0.15) is 0 Å².